The van der Waals surface area contributed by atoms with Crippen LogP contribution in [0.4, 0.5) is 0 Å². The van der Waals surface area contributed by atoms with Crippen LogP contribution in [0, 0.1) is 0 Å². The molecule has 0 aromatic carbocycles. The fourth-order valence-electron chi connectivity index (χ4n) is 2.60. The molecule has 4 nitrogen and oxygen atoms in total. The number of nitrogens with one attached hydrogen (secondary N) is 2. The normalized spacial score (nSPS) is 25.5. The Morgan fingerprint density at radius 3 is 3.06 bits per heavy atom. The Hall–Kier alpha value is -1.97. The second-order valence-corrected chi connectivity index (χ2v) is 4.75. The number of rotatable bonds is 1. The number of dihydropyridines is 1. The van der Waals surface area contributed by atoms with Crippen molar-refractivity contribution in [2.24, 2.45) is 0 Å². The van der Waals surface area contributed by atoms with Gasteiger partial charge in [0.15, 0.2) is 0 Å². The Morgan fingerprint density at radius 1 is 1.44 bits per heavy atom. The summed E-state index contributed by atoms with van der Waals surface area (Å²) < 4.78 is 0. The molecule has 3 rings (SSSR count). The zero-order valence-corrected chi connectivity index (χ0v) is 10.4. The van der Waals surface area contributed by atoms with Gasteiger partial charge < -0.3 is 15.5 Å². The Balaban J connectivity index is 1.79. The molecule has 2 N–H and O–H groups in total. The monoisotopic (exact) mass is 243 g/mol. The van der Waals surface area contributed by atoms with Gasteiger partial charge in [0.1, 0.15) is 6.17 Å². The molecule has 4 heteroatoms. The third kappa shape index (κ3) is 1.83. The third-order valence-corrected chi connectivity index (χ3v) is 3.65. The van der Waals surface area contributed by atoms with E-state index >= 15 is 0 Å². The highest BCUT2D eigenvalue weighted by Gasteiger charge is 2.26. The first-order chi connectivity index (χ1) is 8.75. The largest absolute Gasteiger partial charge is 0.368 e. The summed E-state index contributed by atoms with van der Waals surface area (Å²) >= 11 is 0. The summed E-state index contributed by atoms with van der Waals surface area (Å²) in [6, 6.07) is 0. The van der Waals surface area contributed by atoms with Gasteiger partial charge in [0.25, 0.3) is 0 Å². The van der Waals surface area contributed by atoms with Gasteiger partial charge in [-0.3, -0.25) is 4.79 Å². The molecule has 0 radical (unpaired) electrons. The lowest BCUT2D eigenvalue weighted by Crippen LogP contribution is -2.36. The molecule has 1 unspecified atom stereocenters. The fraction of sp³-hybridized carbons (Fsp3) is 0.357. The first-order valence-corrected chi connectivity index (χ1v) is 6.30. The van der Waals surface area contributed by atoms with Crippen molar-refractivity contribution in [3.8, 4) is 0 Å². The van der Waals surface area contributed by atoms with Crippen LogP contribution in [0.3, 0.4) is 0 Å². The summed E-state index contributed by atoms with van der Waals surface area (Å²) in [5, 5.41) is 6.60. The summed E-state index contributed by atoms with van der Waals surface area (Å²) in [4.78, 5) is 13.2. The van der Waals surface area contributed by atoms with Crippen LogP contribution in [0.1, 0.15) is 13.3 Å². The number of allylic oxidation sites excluding steroid dienone is 2. The Labute approximate surface area is 107 Å². The van der Waals surface area contributed by atoms with Crippen LogP contribution in [0.5, 0.6) is 0 Å². The van der Waals surface area contributed by atoms with Crippen LogP contribution >= 0.6 is 0 Å². The highest BCUT2D eigenvalue weighted by Crippen LogP contribution is 2.30. The maximum absolute atomic E-state index is 11.3. The zero-order valence-electron chi connectivity index (χ0n) is 10.4. The molecule has 0 fully saturated rings. The van der Waals surface area contributed by atoms with Crippen LogP contribution < -0.4 is 10.6 Å². The van der Waals surface area contributed by atoms with Gasteiger partial charge in [0.05, 0.1) is 0 Å². The molecule has 0 saturated heterocycles. The van der Waals surface area contributed by atoms with Crippen LogP contribution in [0.15, 0.2) is 47.3 Å². The van der Waals surface area contributed by atoms with E-state index in [9.17, 15) is 4.79 Å². The molecule has 3 heterocycles. The van der Waals surface area contributed by atoms with E-state index in [1.54, 1.807) is 6.92 Å². The summed E-state index contributed by atoms with van der Waals surface area (Å²) in [5.74, 6) is 0.156. The third-order valence-electron chi connectivity index (χ3n) is 3.65. The number of carbonyl (C=O) groups is 1. The van der Waals surface area contributed by atoms with Crippen molar-refractivity contribution in [1.82, 2.24) is 15.5 Å². The van der Waals surface area contributed by atoms with Crippen molar-refractivity contribution in [1.29, 1.82) is 0 Å². The highest BCUT2D eigenvalue weighted by atomic mass is 16.2. The minimum absolute atomic E-state index is 0.156. The first-order valence-electron chi connectivity index (χ1n) is 6.30. The molecule has 0 aromatic heterocycles. The number of amides is 1. The maximum atomic E-state index is 11.3. The Morgan fingerprint density at radius 2 is 2.33 bits per heavy atom. The van der Waals surface area contributed by atoms with Gasteiger partial charge in [-0.05, 0) is 24.3 Å². The van der Waals surface area contributed by atoms with E-state index in [1.165, 1.54) is 16.7 Å². The highest BCUT2D eigenvalue weighted by molar-refractivity contribution is 5.73. The van der Waals surface area contributed by atoms with E-state index < -0.39 is 0 Å². The second kappa shape index (κ2) is 4.37. The summed E-state index contributed by atoms with van der Waals surface area (Å²) in [5.41, 5.74) is 3.91. The Bertz CT molecular complexity index is 499. The molecular weight excluding hydrogens is 226 g/mol. The molecule has 1 atom stereocenters. The van der Waals surface area contributed by atoms with E-state index in [0.29, 0.717) is 0 Å². The Kier molecular flexibility index (Phi) is 2.70. The predicted molar refractivity (Wildman–Crippen MR) is 70.3 cm³/mol. The average molecular weight is 243 g/mol. The summed E-state index contributed by atoms with van der Waals surface area (Å²) in [7, 11) is 0. The van der Waals surface area contributed by atoms with Crippen molar-refractivity contribution in [2.45, 2.75) is 19.5 Å². The number of nitrogens with zero attached hydrogens (tertiary/aromatic N) is 1. The van der Waals surface area contributed by atoms with Crippen molar-refractivity contribution in [3.05, 3.63) is 47.3 Å². The number of hydrogen-bond acceptors (Lipinski definition) is 3. The average Bonchev–Trinajstić information content (AvgIpc) is 2.82. The molecule has 0 aliphatic carbocycles. The lowest BCUT2D eigenvalue weighted by atomic mass is 9.93. The van der Waals surface area contributed by atoms with Crippen LogP contribution in [-0.2, 0) is 4.79 Å². The van der Waals surface area contributed by atoms with E-state index in [-0.39, 0.29) is 12.1 Å². The zero-order chi connectivity index (χ0) is 12.5. The molecule has 3 aliphatic heterocycles. The molecule has 0 aromatic rings. The van der Waals surface area contributed by atoms with Gasteiger partial charge in [0, 0.05) is 37.4 Å². The van der Waals surface area contributed by atoms with E-state index in [4.69, 9.17) is 0 Å². The minimum atomic E-state index is 0.156. The lowest BCUT2D eigenvalue weighted by molar-refractivity contribution is -0.128. The quantitative estimate of drug-likeness (QED) is 0.723. The molecule has 3 aliphatic rings. The van der Waals surface area contributed by atoms with E-state index in [0.717, 1.165) is 19.5 Å². The van der Waals surface area contributed by atoms with Gasteiger partial charge in [0.2, 0.25) is 5.91 Å². The second-order valence-electron chi connectivity index (χ2n) is 4.75. The topological polar surface area (TPSA) is 44.4 Å². The van der Waals surface area contributed by atoms with Crippen molar-refractivity contribution in [2.75, 3.05) is 13.1 Å². The van der Waals surface area contributed by atoms with E-state index in [2.05, 4.69) is 29.0 Å². The predicted octanol–water partition coefficient (Wildman–Crippen LogP) is 1.02. The molecule has 0 bridgehead atoms. The van der Waals surface area contributed by atoms with Gasteiger partial charge in [-0.2, -0.15) is 0 Å². The van der Waals surface area contributed by atoms with Crippen molar-refractivity contribution < 1.29 is 4.79 Å². The molecule has 0 spiro atoms. The van der Waals surface area contributed by atoms with Gasteiger partial charge in [-0.15, -0.1) is 0 Å². The number of carbonyl (C=O) groups excluding carboxylic acids is 1. The SMILES string of the molecule is CC(=O)N1CC=C(C2=CNC3NC=CC=C23)CC1. The molecule has 94 valence electrons. The summed E-state index contributed by atoms with van der Waals surface area (Å²) in [6.07, 6.45) is 11.5. The first kappa shape index (κ1) is 11.1. The van der Waals surface area contributed by atoms with Crippen molar-refractivity contribution in [3.63, 3.8) is 0 Å². The molecule has 18 heavy (non-hydrogen) atoms. The van der Waals surface area contributed by atoms with Gasteiger partial charge in [-0.25, -0.2) is 0 Å². The van der Waals surface area contributed by atoms with Crippen molar-refractivity contribution >= 4 is 5.91 Å². The standard InChI is InChI=1S/C14H17N3O/c1-10(18)17-7-4-11(5-8-17)13-9-16-14-12(13)3-2-6-15-14/h2-4,6,9,14-16H,5,7-8H2,1H3. The van der Waals surface area contributed by atoms with Gasteiger partial charge in [-0.1, -0.05) is 12.2 Å². The van der Waals surface area contributed by atoms with E-state index in [1.807, 2.05) is 17.2 Å². The van der Waals surface area contributed by atoms with Gasteiger partial charge >= 0.3 is 0 Å². The minimum Gasteiger partial charge on any atom is -0.368 e. The molecular formula is C14H17N3O. The smallest absolute Gasteiger partial charge is 0.219 e. The fourth-order valence-corrected chi connectivity index (χ4v) is 2.60. The number of hydrogen-bond donors (Lipinski definition) is 2. The van der Waals surface area contributed by atoms with Crippen LogP contribution in [0.2, 0.25) is 0 Å². The number of fused-ring (bicyclic) bond motifs is 1. The molecule has 0 saturated carbocycles. The molecule has 1 amide bonds. The van der Waals surface area contributed by atoms with Crippen LogP contribution in [0.25, 0.3) is 0 Å². The lowest BCUT2D eigenvalue weighted by Gasteiger charge is -2.26. The maximum Gasteiger partial charge on any atom is 0.219 e. The van der Waals surface area contributed by atoms with Crippen LogP contribution in [-0.4, -0.2) is 30.1 Å². The summed E-state index contributed by atoms with van der Waals surface area (Å²) in [6.45, 7) is 3.17.